The van der Waals surface area contributed by atoms with Gasteiger partial charge in [0.15, 0.2) is 0 Å². The maximum absolute atomic E-state index is 11.0. The van der Waals surface area contributed by atoms with Crippen molar-refractivity contribution in [1.82, 2.24) is 16.4 Å². The van der Waals surface area contributed by atoms with E-state index in [9.17, 15) is 24.0 Å². The first-order valence-electron chi connectivity index (χ1n) is 25.2. The van der Waals surface area contributed by atoms with Crippen molar-refractivity contribution in [2.24, 2.45) is 0 Å². The number of carbonyl (C=O) groups is 5. The molecular formula is C65H74Br3N3O10. The molecule has 7 aromatic carbocycles. The minimum Gasteiger partial charge on any atom is -0.481 e. The minimum absolute atomic E-state index is 0. The third kappa shape index (κ3) is 35.1. The van der Waals surface area contributed by atoms with Crippen LogP contribution in [0.4, 0.5) is 0 Å². The highest BCUT2D eigenvalue weighted by atomic mass is 79.9. The number of carboxylic acids is 2. The summed E-state index contributed by atoms with van der Waals surface area (Å²) in [5, 5.41) is 41.9. The Bertz CT molecular complexity index is 2910. The van der Waals surface area contributed by atoms with Crippen molar-refractivity contribution in [1.29, 1.82) is 0 Å². The van der Waals surface area contributed by atoms with Crippen molar-refractivity contribution in [3.05, 3.63) is 258 Å². The molecule has 0 atom stereocenters. The third-order valence-corrected chi connectivity index (χ3v) is 12.9. The van der Waals surface area contributed by atoms with Gasteiger partial charge in [0, 0.05) is 45.2 Å². The van der Waals surface area contributed by atoms with Crippen molar-refractivity contribution in [3.8, 4) is 0 Å². The van der Waals surface area contributed by atoms with Crippen LogP contribution in [-0.2, 0) is 68.9 Å². The monoisotopic (exact) mass is 1290 g/mol. The molecule has 3 amide bonds. The number of amides is 3. The lowest BCUT2D eigenvalue weighted by Crippen LogP contribution is -2.18. The average molecular weight is 1300 g/mol. The molecule has 430 valence electrons. The van der Waals surface area contributed by atoms with E-state index in [0.717, 1.165) is 78.6 Å². The topological polar surface area (TPSA) is 223 Å². The second-order valence-electron chi connectivity index (χ2n) is 17.5. The van der Waals surface area contributed by atoms with Crippen molar-refractivity contribution >= 4 is 89.6 Å². The Morgan fingerprint density at radius 2 is 0.667 bits per heavy atom. The number of halogens is 3. The summed E-state index contributed by atoms with van der Waals surface area (Å²) >= 11 is 9.91. The van der Waals surface area contributed by atoms with Crippen LogP contribution in [0, 0.1) is 0 Å². The zero-order valence-electron chi connectivity index (χ0n) is 43.5. The molecule has 7 aromatic rings. The molecule has 0 spiro atoms. The molecule has 0 aromatic heterocycles. The molecule has 0 bridgehead atoms. The Balaban J connectivity index is 0.000000515. The van der Waals surface area contributed by atoms with Gasteiger partial charge in [-0.15, -0.1) is 0 Å². The fourth-order valence-electron chi connectivity index (χ4n) is 6.99. The molecule has 13 nitrogen and oxygen atoms in total. The number of aryl methyl sites for hydroxylation is 6. The summed E-state index contributed by atoms with van der Waals surface area (Å²) in [4.78, 5) is 53.0. The zero-order valence-corrected chi connectivity index (χ0v) is 48.3. The summed E-state index contributed by atoms with van der Waals surface area (Å²) in [5.74, 6) is -2.75. The number of nitrogens with one attached hydrogen (secondary N) is 3. The summed E-state index contributed by atoms with van der Waals surface area (Å²) < 4.78 is 3.01. The van der Waals surface area contributed by atoms with Crippen LogP contribution in [0.1, 0.15) is 97.0 Å². The highest BCUT2D eigenvalue weighted by molar-refractivity contribution is 9.11. The van der Waals surface area contributed by atoms with Gasteiger partial charge in [0.25, 0.3) is 0 Å². The molecule has 0 fully saturated rings. The van der Waals surface area contributed by atoms with Crippen LogP contribution in [0.5, 0.6) is 0 Å². The van der Waals surface area contributed by atoms with Gasteiger partial charge in [0.2, 0.25) is 17.7 Å². The van der Waals surface area contributed by atoms with Crippen LogP contribution >= 0.6 is 47.8 Å². The van der Waals surface area contributed by atoms with Gasteiger partial charge in [-0.1, -0.05) is 220 Å². The Hall–Kier alpha value is -7.31. The molecule has 0 aliphatic carbocycles. The Morgan fingerprint density at radius 3 is 1.04 bits per heavy atom. The quantitative estimate of drug-likeness (QED) is 0.0193. The third-order valence-electron chi connectivity index (χ3n) is 11.3. The van der Waals surface area contributed by atoms with E-state index < -0.39 is 11.9 Å². The molecule has 0 aliphatic rings. The molecule has 0 heterocycles. The molecule has 81 heavy (non-hydrogen) atoms. The number of hydrogen-bond donors (Lipinski definition) is 8. The molecule has 0 saturated carbocycles. The van der Waals surface area contributed by atoms with E-state index >= 15 is 0 Å². The molecule has 0 aliphatic heterocycles. The van der Waals surface area contributed by atoms with Crippen LogP contribution < -0.4 is 16.4 Å². The van der Waals surface area contributed by atoms with Gasteiger partial charge in [-0.3, -0.25) is 34.8 Å². The second-order valence-corrected chi connectivity index (χ2v) is 20.2. The van der Waals surface area contributed by atoms with Gasteiger partial charge in [-0.05, 0) is 144 Å². The Kier molecular flexibility index (Phi) is 38.5. The number of hydroxylamine groups is 3. The first kappa shape index (κ1) is 71.7. The lowest BCUT2D eigenvalue weighted by molar-refractivity contribution is -0.137. The summed E-state index contributed by atoms with van der Waals surface area (Å²) in [5.41, 5.74) is 15.2. The molecule has 8 N–H and O–H groups in total. The van der Waals surface area contributed by atoms with Gasteiger partial charge in [-0.25, -0.2) is 21.2 Å². The number of hydrogen-bond acceptors (Lipinski definition) is 8. The normalized spacial score (nSPS) is 10.0. The molecule has 7 rings (SSSR count). The van der Waals surface area contributed by atoms with E-state index in [1.807, 2.05) is 121 Å². The SMILES string of the molecule is C.C.O=C(CCc1ccc(Br)cc1)NO.O=C(CCc1ccc(C=CCc2ccccc2)cc1)NO.O=C(CCc1ccc(CCCc2ccccc2)cc1)NO.O=C(O)/C=C/c1ccc(Br)cc1.O=C(O)CCc1ccc(Br)cc1. The highest BCUT2D eigenvalue weighted by Crippen LogP contribution is 2.15. The number of benzene rings is 7. The summed E-state index contributed by atoms with van der Waals surface area (Å²) in [7, 11) is 0. The largest absolute Gasteiger partial charge is 0.481 e. The van der Waals surface area contributed by atoms with Crippen molar-refractivity contribution in [2.75, 3.05) is 0 Å². The zero-order chi connectivity index (χ0) is 57.5. The van der Waals surface area contributed by atoms with Crippen LogP contribution in [-0.4, -0.2) is 55.5 Å². The number of carbonyl (C=O) groups excluding carboxylic acids is 3. The minimum atomic E-state index is -0.932. The van der Waals surface area contributed by atoms with Crippen molar-refractivity contribution in [3.63, 3.8) is 0 Å². The van der Waals surface area contributed by atoms with E-state index in [2.05, 4.69) is 121 Å². The predicted octanol–water partition coefficient (Wildman–Crippen LogP) is 14.9. The smallest absolute Gasteiger partial charge is 0.328 e. The van der Waals surface area contributed by atoms with Gasteiger partial charge in [0.1, 0.15) is 0 Å². The molecule has 16 heteroatoms. The fraction of sp³-hybridized carbons (Fsp3) is 0.215. The van der Waals surface area contributed by atoms with Gasteiger partial charge in [-0.2, -0.15) is 0 Å². The molecule has 0 unspecified atom stereocenters. The van der Waals surface area contributed by atoms with Gasteiger partial charge in [0.05, 0.1) is 0 Å². The summed E-state index contributed by atoms with van der Waals surface area (Å²) in [6, 6.07) is 60.1. The highest BCUT2D eigenvalue weighted by Gasteiger charge is 2.04. The standard InChI is InChI=1S/C18H21NO2.C18H19NO2.C9H10BrNO2.C9H9BrO2.C9H7BrO2.2CH4/c2*20-18(19-21)14-13-17-11-9-16(10-12-17)8-4-7-15-5-2-1-3-6-15;10-8-4-1-7(2-5-8)3-6-9(12)11-13;2*10-8-4-1-7(2-5-8)3-6-9(11)12;;/h1-3,5-6,9-12,21H,4,7-8,13-14H2,(H,19,20);1-6,8-12,21H,7,13-14H2,(H,19,20);1-2,4-5,13H,3,6H2,(H,11,12);1-2,4-5H,3,6H2,(H,11,12);1-6H,(H,11,12);2*1H4/b;;;;6-3+;;. The Labute approximate surface area is 502 Å². The number of aliphatic carboxylic acids is 2. The van der Waals surface area contributed by atoms with Gasteiger partial charge < -0.3 is 10.2 Å². The number of allylic oxidation sites excluding steroid dienone is 1. The van der Waals surface area contributed by atoms with E-state index in [-0.39, 0.29) is 39.0 Å². The maximum Gasteiger partial charge on any atom is 0.328 e. The lowest BCUT2D eigenvalue weighted by Gasteiger charge is -2.05. The number of rotatable bonds is 21. The average Bonchev–Trinajstić information content (AvgIpc) is 3.47. The van der Waals surface area contributed by atoms with E-state index in [0.29, 0.717) is 44.9 Å². The van der Waals surface area contributed by atoms with E-state index in [1.54, 1.807) is 22.5 Å². The van der Waals surface area contributed by atoms with Crippen LogP contribution in [0.2, 0.25) is 0 Å². The maximum atomic E-state index is 11.0. The number of carboxylic acid groups (broad SMARTS) is 2. The Morgan fingerprint density at radius 1 is 0.370 bits per heavy atom. The molecular weight excluding hydrogens is 1220 g/mol. The molecule has 0 saturated heterocycles. The van der Waals surface area contributed by atoms with Crippen molar-refractivity contribution < 1.29 is 49.8 Å². The molecule has 0 radical (unpaired) electrons. The van der Waals surface area contributed by atoms with E-state index in [4.69, 9.17) is 25.8 Å². The first-order valence-corrected chi connectivity index (χ1v) is 27.6. The van der Waals surface area contributed by atoms with Crippen LogP contribution in [0.25, 0.3) is 12.2 Å². The fourth-order valence-corrected chi connectivity index (χ4v) is 7.78. The predicted molar refractivity (Wildman–Crippen MR) is 334 cm³/mol. The van der Waals surface area contributed by atoms with Crippen molar-refractivity contribution in [2.45, 2.75) is 91.9 Å². The summed E-state index contributed by atoms with van der Waals surface area (Å²) in [6.07, 6.45) is 14.7. The summed E-state index contributed by atoms with van der Waals surface area (Å²) in [6.45, 7) is 0. The second kappa shape index (κ2) is 43.5. The van der Waals surface area contributed by atoms with E-state index in [1.165, 1.54) is 16.7 Å². The van der Waals surface area contributed by atoms with Crippen LogP contribution in [0.15, 0.2) is 208 Å². The van der Waals surface area contributed by atoms with Crippen LogP contribution in [0.3, 0.4) is 0 Å². The van der Waals surface area contributed by atoms with Gasteiger partial charge >= 0.3 is 11.9 Å². The lowest BCUT2D eigenvalue weighted by atomic mass is 10.0. The first-order chi connectivity index (χ1) is 38.1.